The summed E-state index contributed by atoms with van der Waals surface area (Å²) in [7, 11) is 1.96. The molecule has 86 valence electrons. The van der Waals surface area contributed by atoms with Crippen molar-refractivity contribution in [2.45, 2.75) is 25.8 Å². The summed E-state index contributed by atoms with van der Waals surface area (Å²) in [5.41, 5.74) is 7.26. The number of benzene rings is 1. The molecule has 3 heteroatoms. The first kappa shape index (κ1) is 11.1. The normalized spacial score (nSPS) is 12.3. The highest BCUT2D eigenvalue weighted by molar-refractivity contribution is 5.81. The van der Waals surface area contributed by atoms with Crippen molar-refractivity contribution in [2.75, 3.05) is 0 Å². The second-order valence-electron chi connectivity index (χ2n) is 5.09. The van der Waals surface area contributed by atoms with Gasteiger partial charge in [0.2, 0.25) is 0 Å². The largest absolute Gasteiger partial charge is 0.351 e. The molecular weight excluding hydrogens is 203 g/mol. The van der Waals surface area contributed by atoms with Crippen molar-refractivity contribution >= 4 is 10.9 Å². The average molecular weight is 220 g/mol. The zero-order valence-corrected chi connectivity index (χ0v) is 9.92. The van der Waals surface area contributed by atoms with Crippen LogP contribution in [0, 0.1) is 5.82 Å². The van der Waals surface area contributed by atoms with Gasteiger partial charge in [-0.3, -0.25) is 0 Å². The number of aryl methyl sites for hydroxylation is 1. The van der Waals surface area contributed by atoms with Crippen LogP contribution < -0.4 is 5.73 Å². The lowest BCUT2D eigenvalue weighted by Crippen LogP contribution is -2.34. The summed E-state index contributed by atoms with van der Waals surface area (Å²) in [6.07, 6.45) is 2.47. The van der Waals surface area contributed by atoms with E-state index in [0.717, 1.165) is 10.9 Å². The van der Waals surface area contributed by atoms with E-state index in [-0.39, 0.29) is 11.4 Å². The van der Waals surface area contributed by atoms with Crippen LogP contribution in [0.2, 0.25) is 0 Å². The standard InChI is InChI=1S/C13H17FN2/c1-13(2,15)8-10-7-12-9(6-11(10)14)4-5-16(12)3/h4-7H,8,15H2,1-3H3. The van der Waals surface area contributed by atoms with Crippen LogP contribution in [-0.4, -0.2) is 10.1 Å². The molecule has 0 spiro atoms. The SMILES string of the molecule is Cn1ccc2cc(F)c(CC(C)(C)N)cc21. The Balaban J connectivity index is 2.53. The van der Waals surface area contributed by atoms with Crippen LogP contribution in [0.25, 0.3) is 10.9 Å². The average Bonchev–Trinajstić information content (AvgIpc) is 2.46. The number of hydrogen-bond donors (Lipinski definition) is 1. The van der Waals surface area contributed by atoms with E-state index in [1.54, 1.807) is 6.07 Å². The Labute approximate surface area is 94.9 Å². The summed E-state index contributed by atoms with van der Waals surface area (Å²) in [4.78, 5) is 0. The maximum absolute atomic E-state index is 13.8. The summed E-state index contributed by atoms with van der Waals surface area (Å²) in [5, 5.41) is 0.929. The van der Waals surface area contributed by atoms with Crippen LogP contribution in [0.4, 0.5) is 4.39 Å². The third-order valence-corrected chi connectivity index (χ3v) is 2.70. The number of nitrogens with zero attached hydrogens (tertiary/aromatic N) is 1. The van der Waals surface area contributed by atoms with Gasteiger partial charge >= 0.3 is 0 Å². The molecule has 0 aliphatic carbocycles. The van der Waals surface area contributed by atoms with E-state index in [4.69, 9.17) is 5.73 Å². The lowest BCUT2D eigenvalue weighted by molar-refractivity contribution is 0.498. The third-order valence-electron chi connectivity index (χ3n) is 2.70. The summed E-state index contributed by atoms with van der Waals surface area (Å²) in [5.74, 6) is -0.169. The minimum absolute atomic E-state index is 0.169. The van der Waals surface area contributed by atoms with Gasteiger partial charge in [0, 0.05) is 29.7 Å². The molecule has 0 bridgehead atoms. The van der Waals surface area contributed by atoms with Gasteiger partial charge in [-0.1, -0.05) is 0 Å². The predicted molar refractivity (Wildman–Crippen MR) is 64.8 cm³/mol. The highest BCUT2D eigenvalue weighted by atomic mass is 19.1. The Morgan fingerprint density at radius 3 is 2.69 bits per heavy atom. The molecule has 0 aliphatic heterocycles. The van der Waals surface area contributed by atoms with Crippen LogP contribution in [0.3, 0.4) is 0 Å². The van der Waals surface area contributed by atoms with Gasteiger partial charge < -0.3 is 10.3 Å². The van der Waals surface area contributed by atoms with Gasteiger partial charge in [0.25, 0.3) is 0 Å². The van der Waals surface area contributed by atoms with Crippen molar-refractivity contribution in [3.8, 4) is 0 Å². The minimum Gasteiger partial charge on any atom is -0.351 e. The number of hydrogen-bond acceptors (Lipinski definition) is 1. The van der Waals surface area contributed by atoms with Gasteiger partial charge in [0.15, 0.2) is 0 Å². The van der Waals surface area contributed by atoms with Gasteiger partial charge in [-0.25, -0.2) is 4.39 Å². The molecule has 0 unspecified atom stereocenters. The monoisotopic (exact) mass is 220 g/mol. The van der Waals surface area contributed by atoms with Gasteiger partial charge in [-0.05, 0) is 44.0 Å². The molecule has 0 atom stereocenters. The lowest BCUT2D eigenvalue weighted by atomic mass is 9.95. The van der Waals surface area contributed by atoms with E-state index in [9.17, 15) is 4.39 Å². The maximum Gasteiger partial charge on any atom is 0.127 e. The molecule has 0 saturated heterocycles. The molecule has 2 nitrogen and oxygen atoms in total. The van der Waals surface area contributed by atoms with Crippen LogP contribution in [-0.2, 0) is 13.5 Å². The number of halogens is 1. The number of aromatic nitrogens is 1. The fraction of sp³-hybridized carbons (Fsp3) is 0.385. The second-order valence-corrected chi connectivity index (χ2v) is 5.09. The molecule has 2 N–H and O–H groups in total. The van der Waals surface area contributed by atoms with Crippen molar-refractivity contribution < 1.29 is 4.39 Å². The first-order valence-corrected chi connectivity index (χ1v) is 5.39. The molecule has 0 saturated carbocycles. The van der Waals surface area contributed by atoms with Crippen molar-refractivity contribution in [1.82, 2.24) is 4.57 Å². The molecule has 16 heavy (non-hydrogen) atoms. The molecule has 1 aromatic heterocycles. The molecule has 2 rings (SSSR count). The Morgan fingerprint density at radius 2 is 2.06 bits per heavy atom. The summed E-state index contributed by atoms with van der Waals surface area (Å²) >= 11 is 0. The van der Waals surface area contributed by atoms with E-state index in [0.29, 0.717) is 12.0 Å². The van der Waals surface area contributed by atoms with Crippen molar-refractivity contribution in [3.05, 3.63) is 35.8 Å². The second kappa shape index (κ2) is 3.59. The van der Waals surface area contributed by atoms with Gasteiger partial charge in [0.1, 0.15) is 5.82 Å². The summed E-state index contributed by atoms with van der Waals surface area (Å²) in [6, 6.07) is 5.38. The quantitative estimate of drug-likeness (QED) is 0.828. The minimum atomic E-state index is -0.389. The van der Waals surface area contributed by atoms with Gasteiger partial charge in [0.05, 0.1) is 0 Å². The zero-order chi connectivity index (χ0) is 11.9. The molecule has 1 aromatic carbocycles. The van der Waals surface area contributed by atoms with Crippen LogP contribution in [0.15, 0.2) is 24.4 Å². The summed E-state index contributed by atoms with van der Waals surface area (Å²) in [6.45, 7) is 3.81. The Morgan fingerprint density at radius 1 is 1.38 bits per heavy atom. The molecule has 2 aromatic rings. The summed E-state index contributed by atoms with van der Waals surface area (Å²) < 4.78 is 15.8. The maximum atomic E-state index is 13.8. The topological polar surface area (TPSA) is 30.9 Å². The molecule has 1 heterocycles. The van der Waals surface area contributed by atoms with Crippen molar-refractivity contribution in [1.29, 1.82) is 0 Å². The van der Waals surface area contributed by atoms with Crippen LogP contribution in [0.5, 0.6) is 0 Å². The van der Waals surface area contributed by atoms with Gasteiger partial charge in [-0.15, -0.1) is 0 Å². The Hall–Kier alpha value is -1.35. The molecular formula is C13H17FN2. The number of fused-ring (bicyclic) bond motifs is 1. The van der Waals surface area contributed by atoms with Crippen molar-refractivity contribution in [2.24, 2.45) is 12.8 Å². The van der Waals surface area contributed by atoms with Gasteiger partial charge in [-0.2, -0.15) is 0 Å². The van der Waals surface area contributed by atoms with Crippen LogP contribution in [0.1, 0.15) is 19.4 Å². The van der Waals surface area contributed by atoms with E-state index in [1.165, 1.54) is 0 Å². The fourth-order valence-corrected chi connectivity index (χ4v) is 1.96. The highest BCUT2D eigenvalue weighted by Crippen LogP contribution is 2.22. The van der Waals surface area contributed by atoms with E-state index in [1.807, 2.05) is 43.8 Å². The van der Waals surface area contributed by atoms with E-state index >= 15 is 0 Å². The van der Waals surface area contributed by atoms with Crippen molar-refractivity contribution in [3.63, 3.8) is 0 Å². The first-order chi connectivity index (χ1) is 7.37. The third kappa shape index (κ3) is 2.09. The van der Waals surface area contributed by atoms with E-state index < -0.39 is 0 Å². The fourth-order valence-electron chi connectivity index (χ4n) is 1.96. The first-order valence-electron chi connectivity index (χ1n) is 5.39. The molecule has 0 amide bonds. The Kier molecular flexibility index (Phi) is 2.50. The smallest absolute Gasteiger partial charge is 0.127 e. The molecule has 0 radical (unpaired) electrons. The number of nitrogens with two attached hydrogens (primary N) is 1. The molecule has 0 aliphatic rings. The van der Waals surface area contributed by atoms with E-state index in [2.05, 4.69) is 0 Å². The highest BCUT2D eigenvalue weighted by Gasteiger charge is 2.15. The van der Waals surface area contributed by atoms with Crippen LogP contribution >= 0.6 is 0 Å². The zero-order valence-electron chi connectivity index (χ0n) is 9.92. The predicted octanol–water partition coefficient (Wildman–Crippen LogP) is 2.60. The number of rotatable bonds is 2. The Bertz CT molecular complexity index is 520. The lowest BCUT2D eigenvalue weighted by Gasteiger charge is -2.19. The molecule has 0 fully saturated rings.